The molecule has 1 N–H and O–H groups in total. The summed E-state index contributed by atoms with van der Waals surface area (Å²) < 4.78 is 159. The molecule has 4 nitrogen and oxygen atoms in total. The van der Waals surface area contributed by atoms with Gasteiger partial charge in [0, 0.05) is 12.5 Å². The minimum absolute atomic E-state index is 1.07. The summed E-state index contributed by atoms with van der Waals surface area (Å²) in [6.07, 6.45) is -8.52. The fourth-order valence-corrected chi connectivity index (χ4v) is 1.36. The first-order valence-electron chi connectivity index (χ1n) is 6.37. The van der Waals surface area contributed by atoms with Crippen molar-refractivity contribution in [2.45, 2.75) is 49.1 Å². The van der Waals surface area contributed by atoms with Gasteiger partial charge in [-0.2, -0.15) is 52.7 Å². The Kier molecular flexibility index (Phi) is 6.48. The summed E-state index contributed by atoms with van der Waals surface area (Å²) in [5.74, 6) is -41.4. The second kappa shape index (κ2) is 7.02. The van der Waals surface area contributed by atoms with Crippen LogP contribution in [0.4, 0.5) is 52.7 Å². The van der Waals surface area contributed by atoms with Crippen molar-refractivity contribution < 1.29 is 72.1 Å². The van der Waals surface area contributed by atoms with Crippen LogP contribution in [0.25, 0.3) is 0 Å². The van der Waals surface area contributed by atoms with E-state index in [-0.39, 0.29) is 0 Å². The highest BCUT2D eigenvalue weighted by Crippen LogP contribution is 2.60. The number of ether oxygens (including phenoxy) is 1. The number of carboxylic acids is 1. The van der Waals surface area contributed by atoms with Gasteiger partial charge in [-0.25, -0.2) is 4.79 Å². The average molecular weight is 444 g/mol. The van der Waals surface area contributed by atoms with Crippen LogP contribution in [0.2, 0.25) is 0 Å². The molecule has 0 saturated carbocycles. The molecule has 0 atom stereocenters. The van der Waals surface area contributed by atoms with Gasteiger partial charge in [-0.15, -0.1) is 0 Å². The highest BCUT2D eigenvalue weighted by molar-refractivity contribution is 5.92. The number of aliphatic carboxylic acids is 1. The molecule has 0 fully saturated rings. The normalized spacial score (nSPS) is 14.6. The molecular formula is C12H8F12O4. The molecule has 0 aliphatic heterocycles. The Balaban J connectivity index is 6.08. The Bertz CT molecular complexity index is 649. The van der Waals surface area contributed by atoms with Gasteiger partial charge in [-0.3, -0.25) is 4.79 Å². The fraction of sp³-hybridized carbons (Fsp3) is 0.667. The first-order valence-corrected chi connectivity index (χ1v) is 6.37. The summed E-state index contributed by atoms with van der Waals surface area (Å²) in [4.78, 5) is 21.2. The van der Waals surface area contributed by atoms with Gasteiger partial charge in [0.15, 0.2) is 0 Å². The third-order valence-electron chi connectivity index (χ3n) is 2.97. The Labute approximate surface area is 146 Å². The minimum atomic E-state index is -7.89. The van der Waals surface area contributed by atoms with E-state index in [1.807, 2.05) is 0 Å². The molecule has 0 amide bonds. The lowest BCUT2D eigenvalue weighted by Crippen LogP contribution is -2.70. The maximum atomic E-state index is 13.3. The second-order valence-electron chi connectivity index (χ2n) is 5.27. The quantitative estimate of drug-likeness (QED) is 0.327. The topological polar surface area (TPSA) is 63.6 Å². The van der Waals surface area contributed by atoms with Gasteiger partial charge in [-0.05, 0) is 0 Å². The van der Waals surface area contributed by atoms with Crippen molar-refractivity contribution in [2.24, 2.45) is 0 Å². The zero-order chi connectivity index (χ0) is 23.1. The van der Waals surface area contributed by atoms with E-state index in [0.717, 1.165) is 0 Å². The fourth-order valence-electron chi connectivity index (χ4n) is 1.36. The minimum Gasteiger partial charge on any atom is -0.481 e. The summed E-state index contributed by atoms with van der Waals surface area (Å²) in [7, 11) is 0. The first kappa shape index (κ1) is 25.8. The number of rotatable bonds is 9. The lowest BCUT2D eigenvalue weighted by Gasteiger charge is -2.39. The Morgan fingerprint density at radius 1 is 0.786 bits per heavy atom. The van der Waals surface area contributed by atoms with E-state index >= 15 is 0 Å². The smallest absolute Gasteiger partial charge is 0.473 e. The number of carbonyl (C=O) groups is 2. The van der Waals surface area contributed by atoms with Gasteiger partial charge >= 0.3 is 47.7 Å². The van der Waals surface area contributed by atoms with Crippen LogP contribution in [0.3, 0.4) is 0 Å². The standard InChI is InChI=1S/C12H8F12O4/c1-4(3-5(25)26)6(27)28-12(23,24)11(21,22)10(19,20)9(17,18)8(15,16)7(2,13)14/h1,3H2,2H3,(H,25,26). The van der Waals surface area contributed by atoms with Gasteiger partial charge in [0.05, 0.1) is 6.42 Å². The Hall–Kier alpha value is -2.16. The molecule has 0 aromatic carbocycles. The maximum absolute atomic E-state index is 13.3. The van der Waals surface area contributed by atoms with Crippen molar-refractivity contribution in [3.05, 3.63) is 12.2 Å². The number of halogens is 12. The van der Waals surface area contributed by atoms with E-state index in [4.69, 9.17) is 5.11 Å². The predicted molar refractivity (Wildman–Crippen MR) is 62.8 cm³/mol. The van der Waals surface area contributed by atoms with Crippen LogP contribution < -0.4 is 0 Å². The molecule has 16 heteroatoms. The third kappa shape index (κ3) is 3.99. The lowest BCUT2D eigenvalue weighted by molar-refractivity contribution is -0.449. The largest absolute Gasteiger partial charge is 0.481 e. The maximum Gasteiger partial charge on any atom is 0.473 e. The highest BCUT2D eigenvalue weighted by Gasteiger charge is 2.90. The van der Waals surface area contributed by atoms with Gasteiger partial charge < -0.3 is 9.84 Å². The van der Waals surface area contributed by atoms with Crippen LogP contribution in [-0.4, -0.2) is 52.8 Å². The van der Waals surface area contributed by atoms with Crippen LogP contribution in [0, 0.1) is 0 Å². The SMILES string of the molecule is C=C(CC(=O)O)C(=O)OC(F)(F)C(F)(F)C(F)(F)C(F)(F)C(F)(F)C(C)(F)F. The highest BCUT2D eigenvalue weighted by atomic mass is 19.4. The first-order chi connectivity index (χ1) is 12.0. The Morgan fingerprint density at radius 3 is 1.46 bits per heavy atom. The van der Waals surface area contributed by atoms with E-state index < -0.39 is 66.6 Å². The van der Waals surface area contributed by atoms with Crippen molar-refractivity contribution in [3.8, 4) is 0 Å². The molecule has 0 radical (unpaired) electrons. The zero-order valence-corrected chi connectivity index (χ0v) is 13.1. The third-order valence-corrected chi connectivity index (χ3v) is 2.97. The molecule has 0 aromatic rings. The molecule has 28 heavy (non-hydrogen) atoms. The van der Waals surface area contributed by atoms with E-state index in [2.05, 4.69) is 11.3 Å². The molecule has 0 aromatic heterocycles. The molecule has 0 aliphatic carbocycles. The summed E-state index contributed by atoms with van der Waals surface area (Å²) in [6.45, 7) is 1.39. The molecule has 0 unspecified atom stereocenters. The molecule has 0 rings (SSSR count). The number of hydrogen-bond acceptors (Lipinski definition) is 3. The van der Waals surface area contributed by atoms with E-state index in [9.17, 15) is 62.3 Å². The number of alkyl halides is 12. The summed E-state index contributed by atoms with van der Waals surface area (Å²) >= 11 is 0. The van der Waals surface area contributed by atoms with Crippen molar-refractivity contribution >= 4 is 11.9 Å². The van der Waals surface area contributed by atoms with Crippen molar-refractivity contribution in [1.29, 1.82) is 0 Å². The molecule has 0 heterocycles. The number of hydrogen-bond donors (Lipinski definition) is 1. The Morgan fingerprint density at radius 2 is 1.14 bits per heavy atom. The summed E-state index contributed by atoms with van der Waals surface area (Å²) in [5.41, 5.74) is -1.55. The summed E-state index contributed by atoms with van der Waals surface area (Å²) in [6, 6.07) is 0. The van der Waals surface area contributed by atoms with Crippen LogP contribution in [0.5, 0.6) is 0 Å². The van der Waals surface area contributed by atoms with Crippen molar-refractivity contribution in [3.63, 3.8) is 0 Å². The van der Waals surface area contributed by atoms with Crippen LogP contribution in [0.15, 0.2) is 12.2 Å². The number of carbonyl (C=O) groups excluding carboxylic acids is 1. The number of esters is 1. The van der Waals surface area contributed by atoms with Crippen LogP contribution in [-0.2, 0) is 14.3 Å². The van der Waals surface area contributed by atoms with Crippen LogP contribution in [0.1, 0.15) is 13.3 Å². The second-order valence-corrected chi connectivity index (χ2v) is 5.27. The molecule has 0 saturated heterocycles. The van der Waals surface area contributed by atoms with E-state index in [1.165, 1.54) is 0 Å². The molecule has 0 bridgehead atoms. The van der Waals surface area contributed by atoms with Gasteiger partial charge in [0.2, 0.25) is 0 Å². The molecule has 164 valence electrons. The van der Waals surface area contributed by atoms with Crippen molar-refractivity contribution in [2.75, 3.05) is 0 Å². The molecule has 0 aliphatic rings. The monoisotopic (exact) mass is 444 g/mol. The van der Waals surface area contributed by atoms with Crippen LogP contribution >= 0.6 is 0 Å². The number of carboxylic acid groups (broad SMARTS) is 1. The lowest BCUT2D eigenvalue weighted by atomic mass is 9.94. The molecular weight excluding hydrogens is 436 g/mol. The average Bonchev–Trinajstić information content (AvgIpc) is 2.43. The van der Waals surface area contributed by atoms with Gasteiger partial charge in [-0.1, -0.05) is 6.58 Å². The molecule has 0 spiro atoms. The van der Waals surface area contributed by atoms with E-state index in [1.54, 1.807) is 0 Å². The predicted octanol–water partition coefficient (Wildman–Crippen LogP) is 4.35. The van der Waals surface area contributed by atoms with E-state index in [0.29, 0.717) is 0 Å². The van der Waals surface area contributed by atoms with Gasteiger partial charge in [0.25, 0.3) is 0 Å². The van der Waals surface area contributed by atoms with Crippen molar-refractivity contribution in [1.82, 2.24) is 0 Å². The van der Waals surface area contributed by atoms with Gasteiger partial charge in [0.1, 0.15) is 0 Å². The zero-order valence-electron chi connectivity index (χ0n) is 13.1. The summed E-state index contributed by atoms with van der Waals surface area (Å²) in [5, 5.41) is 8.21.